The molecule has 1 heterocycles. The number of hydrogen-bond donors (Lipinski definition) is 2. The van der Waals surface area contributed by atoms with Crippen LogP contribution in [0.1, 0.15) is 55.7 Å². The number of nitrogens with zero attached hydrogens (tertiary/aromatic N) is 1. The van der Waals surface area contributed by atoms with Gasteiger partial charge in [0.15, 0.2) is 0 Å². The number of hydrogen-bond acceptors (Lipinski definition) is 4. The molecule has 0 fully saturated rings. The molecule has 2 N–H and O–H groups in total. The van der Waals surface area contributed by atoms with E-state index in [1.807, 2.05) is 31.4 Å². The van der Waals surface area contributed by atoms with E-state index in [4.69, 9.17) is 0 Å². The molecule has 2 rings (SSSR count). The summed E-state index contributed by atoms with van der Waals surface area (Å²) in [5.41, 5.74) is 2.33. The Bertz CT molecular complexity index is 755. The molecular formula is C22H31N3O2S. The molecule has 0 saturated heterocycles. The number of benzene rings is 1. The van der Waals surface area contributed by atoms with Gasteiger partial charge in [0.2, 0.25) is 11.8 Å². The van der Waals surface area contributed by atoms with E-state index in [2.05, 4.69) is 48.7 Å². The molecular weight excluding hydrogens is 370 g/mol. The summed E-state index contributed by atoms with van der Waals surface area (Å²) in [5, 5.41) is 7.98. The van der Waals surface area contributed by atoms with Gasteiger partial charge in [-0.2, -0.15) is 0 Å². The highest BCUT2D eigenvalue weighted by atomic mass is 32.1. The van der Waals surface area contributed by atoms with Crippen molar-refractivity contribution in [3.63, 3.8) is 0 Å². The minimum Gasteiger partial charge on any atom is -0.353 e. The van der Waals surface area contributed by atoms with Crippen molar-refractivity contribution in [1.82, 2.24) is 15.5 Å². The van der Waals surface area contributed by atoms with Gasteiger partial charge in [0.25, 0.3) is 0 Å². The largest absolute Gasteiger partial charge is 0.353 e. The zero-order valence-corrected chi connectivity index (χ0v) is 18.2. The fourth-order valence-corrected chi connectivity index (χ4v) is 3.77. The average molecular weight is 402 g/mol. The number of carbonyl (C=O) groups is 2. The SMILES string of the molecule is CC(C)NC(=O)CN(C)CC(=O)N[C@@H](c1ccc(C(C)C)cc1)c1cccs1. The van der Waals surface area contributed by atoms with Crippen LogP contribution in [0.15, 0.2) is 41.8 Å². The Hall–Kier alpha value is -2.18. The maximum atomic E-state index is 12.6. The molecule has 5 nitrogen and oxygen atoms in total. The van der Waals surface area contributed by atoms with Gasteiger partial charge < -0.3 is 10.6 Å². The van der Waals surface area contributed by atoms with Gasteiger partial charge in [-0.25, -0.2) is 0 Å². The molecule has 0 spiro atoms. The smallest absolute Gasteiger partial charge is 0.234 e. The maximum Gasteiger partial charge on any atom is 0.234 e. The molecule has 0 radical (unpaired) electrons. The van der Waals surface area contributed by atoms with E-state index < -0.39 is 0 Å². The Labute approximate surface area is 172 Å². The lowest BCUT2D eigenvalue weighted by Gasteiger charge is -2.22. The summed E-state index contributed by atoms with van der Waals surface area (Å²) in [6, 6.07) is 12.3. The predicted molar refractivity (Wildman–Crippen MR) is 116 cm³/mol. The molecule has 2 amide bonds. The van der Waals surface area contributed by atoms with Gasteiger partial charge in [-0.15, -0.1) is 11.3 Å². The van der Waals surface area contributed by atoms with Gasteiger partial charge in [-0.05, 0) is 49.4 Å². The first kappa shape index (κ1) is 22.1. The molecule has 1 aromatic carbocycles. The van der Waals surface area contributed by atoms with Crippen LogP contribution in [0.3, 0.4) is 0 Å². The van der Waals surface area contributed by atoms with E-state index in [0.717, 1.165) is 10.4 Å². The number of likely N-dealkylation sites (N-methyl/N-ethyl adjacent to an activating group) is 1. The van der Waals surface area contributed by atoms with E-state index in [9.17, 15) is 9.59 Å². The summed E-state index contributed by atoms with van der Waals surface area (Å²) in [4.78, 5) is 27.3. The third-order valence-corrected chi connectivity index (χ3v) is 5.28. The second-order valence-corrected chi connectivity index (χ2v) is 8.71. The fourth-order valence-electron chi connectivity index (χ4n) is 2.97. The van der Waals surface area contributed by atoms with Crippen molar-refractivity contribution in [2.75, 3.05) is 20.1 Å². The topological polar surface area (TPSA) is 61.4 Å². The van der Waals surface area contributed by atoms with Crippen LogP contribution in [0.4, 0.5) is 0 Å². The van der Waals surface area contributed by atoms with Gasteiger partial charge in [-0.1, -0.05) is 44.2 Å². The number of rotatable bonds is 9. The van der Waals surface area contributed by atoms with E-state index in [1.165, 1.54) is 5.56 Å². The monoisotopic (exact) mass is 401 g/mol. The van der Waals surface area contributed by atoms with Gasteiger partial charge >= 0.3 is 0 Å². The van der Waals surface area contributed by atoms with Crippen molar-refractivity contribution >= 4 is 23.2 Å². The Balaban J connectivity index is 2.05. The number of nitrogens with one attached hydrogen (secondary N) is 2. The van der Waals surface area contributed by atoms with Crippen molar-refractivity contribution in [2.45, 2.75) is 45.7 Å². The molecule has 0 bridgehead atoms. The number of amides is 2. The van der Waals surface area contributed by atoms with Crippen molar-refractivity contribution < 1.29 is 9.59 Å². The highest BCUT2D eigenvalue weighted by molar-refractivity contribution is 7.10. The van der Waals surface area contributed by atoms with Crippen LogP contribution in [-0.4, -0.2) is 42.9 Å². The highest BCUT2D eigenvalue weighted by Crippen LogP contribution is 2.27. The Morgan fingerprint density at radius 3 is 2.00 bits per heavy atom. The van der Waals surface area contributed by atoms with Crippen LogP contribution >= 0.6 is 11.3 Å². The summed E-state index contributed by atoms with van der Waals surface area (Å²) < 4.78 is 0. The normalized spacial score (nSPS) is 12.4. The molecule has 0 aliphatic rings. The summed E-state index contributed by atoms with van der Waals surface area (Å²) in [5.74, 6) is 0.282. The van der Waals surface area contributed by atoms with E-state index in [-0.39, 0.29) is 37.0 Å². The van der Waals surface area contributed by atoms with Crippen LogP contribution in [0.2, 0.25) is 0 Å². The first-order chi connectivity index (χ1) is 13.3. The van der Waals surface area contributed by atoms with Crippen LogP contribution in [0.25, 0.3) is 0 Å². The third kappa shape index (κ3) is 6.77. The Morgan fingerprint density at radius 1 is 0.929 bits per heavy atom. The lowest BCUT2D eigenvalue weighted by Crippen LogP contribution is -2.43. The summed E-state index contributed by atoms with van der Waals surface area (Å²) in [7, 11) is 1.77. The van der Waals surface area contributed by atoms with E-state index in [0.29, 0.717) is 5.92 Å². The maximum absolute atomic E-state index is 12.6. The van der Waals surface area contributed by atoms with Crippen LogP contribution < -0.4 is 10.6 Å². The molecule has 28 heavy (non-hydrogen) atoms. The molecule has 0 saturated carbocycles. The summed E-state index contributed by atoms with van der Waals surface area (Å²) >= 11 is 1.62. The zero-order chi connectivity index (χ0) is 20.7. The van der Waals surface area contributed by atoms with E-state index in [1.54, 1.807) is 23.3 Å². The summed E-state index contributed by atoms with van der Waals surface area (Å²) in [6.07, 6.45) is 0. The van der Waals surface area contributed by atoms with Crippen molar-refractivity contribution in [2.24, 2.45) is 0 Å². The molecule has 0 unspecified atom stereocenters. The first-order valence-corrected chi connectivity index (χ1v) is 10.5. The average Bonchev–Trinajstić information content (AvgIpc) is 3.13. The molecule has 0 aliphatic carbocycles. The standard InChI is InChI=1S/C22H31N3O2S/c1-15(2)17-8-10-18(11-9-17)22(19-7-6-12-28-19)24-21(27)14-25(5)13-20(26)23-16(3)4/h6-12,15-16,22H,13-14H2,1-5H3,(H,23,26)(H,24,27)/t22-/m0/s1. The molecule has 2 aromatic rings. The fraction of sp³-hybridized carbons (Fsp3) is 0.455. The predicted octanol–water partition coefficient (Wildman–Crippen LogP) is 3.53. The second-order valence-electron chi connectivity index (χ2n) is 7.73. The molecule has 152 valence electrons. The van der Waals surface area contributed by atoms with Crippen LogP contribution in [0.5, 0.6) is 0 Å². The molecule has 1 atom stereocenters. The Kier molecular flexibility index (Phi) is 8.20. The number of carbonyl (C=O) groups excluding carboxylic acids is 2. The van der Waals surface area contributed by atoms with Gasteiger partial charge in [0.05, 0.1) is 19.1 Å². The van der Waals surface area contributed by atoms with Crippen molar-refractivity contribution in [3.05, 3.63) is 57.8 Å². The lowest BCUT2D eigenvalue weighted by molar-refractivity contribution is -0.125. The summed E-state index contributed by atoms with van der Waals surface area (Å²) in [6.45, 7) is 8.52. The second kappa shape index (κ2) is 10.4. The van der Waals surface area contributed by atoms with E-state index >= 15 is 0 Å². The lowest BCUT2D eigenvalue weighted by atomic mass is 9.98. The van der Waals surface area contributed by atoms with Crippen molar-refractivity contribution in [3.8, 4) is 0 Å². The van der Waals surface area contributed by atoms with Crippen molar-refractivity contribution in [1.29, 1.82) is 0 Å². The number of thiophene rings is 1. The van der Waals surface area contributed by atoms with Gasteiger partial charge in [-0.3, -0.25) is 14.5 Å². The minimum absolute atomic E-state index is 0.0793. The molecule has 0 aliphatic heterocycles. The van der Waals surface area contributed by atoms with Crippen LogP contribution in [0, 0.1) is 0 Å². The third-order valence-electron chi connectivity index (χ3n) is 4.35. The quantitative estimate of drug-likeness (QED) is 0.676. The molecule has 6 heteroatoms. The first-order valence-electron chi connectivity index (χ1n) is 9.66. The zero-order valence-electron chi connectivity index (χ0n) is 17.4. The van der Waals surface area contributed by atoms with Crippen LogP contribution in [-0.2, 0) is 9.59 Å². The van der Waals surface area contributed by atoms with Gasteiger partial charge in [0.1, 0.15) is 0 Å². The highest BCUT2D eigenvalue weighted by Gasteiger charge is 2.19. The Morgan fingerprint density at radius 2 is 1.50 bits per heavy atom. The minimum atomic E-state index is -0.188. The molecule has 1 aromatic heterocycles. The van der Waals surface area contributed by atoms with Gasteiger partial charge in [0, 0.05) is 10.9 Å².